The lowest BCUT2D eigenvalue weighted by atomic mass is 10.1. The Morgan fingerprint density at radius 2 is 2.08 bits per heavy atom. The fourth-order valence-electron chi connectivity index (χ4n) is 1.57. The number of fused-ring (bicyclic) bond motifs is 1. The molecule has 0 bridgehead atoms. The fourth-order valence-corrected chi connectivity index (χ4v) is 1.96. The van der Waals surface area contributed by atoms with Crippen molar-refractivity contribution in [1.29, 1.82) is 0 Å². The molecule has 0 heterocycles. The molecule has 1 aliphatic rings. The molecule has 1 nitrogen and oxygen atoms in total. The lowest BCUT2D eigenvalue weighted by molar-refractivity contribution is 0.0994. The number of carbonyl (C=O) groups is 1. The summed E-state index contributed by atoms with van der Waals surface area (Å²) in [7, 11) is 0. The van der Waals surface area contributed by atoms with Gasteiger partial charge in [0, 0.05) is 16.5 Å². The summed E-state index contributed by atoms with van der Waals surface area (Å²) < 4.78 is 1.11. The standard InChI is InChI=1S/C10H9BrO/c1-6-4-8-7(5-9(6)11)2-3-10(8)12/h4-5H,2-3H2,1H3. The number of hydrogen-bond acceptors (Lipinski definition) is 1. The second-order valence-corrected chi connectivity index (χ2v) is 4.04. The molecular formula is C10H9BrO. The van der Waals surface area contributed by atoms with Gasteiger partial charge in [0.2, 0.25) is 0 Å². The van der Waals surface area contributed by atoms with E-state index in [4.69, 9.17) is 0 Å². The molecule has 0 saturated heterocycles. The molecule has 0 spiro atoms. The molecule has 0 N–H and O–H groups in total. The summed E-state index contributed by atoms with van der Waals surface area (Å²) in [4.78, 5) is 11.3. The van der Waals surface area contributed by atoms with Gasteiger partial charge in [-0.25, -0.2) is 0 Å². The predicted octanol–water partition coefficient (Wildman–Crippen LogP) is 2.89. The molecule has 1 aromatic rings. The van der Waals surface area contributed by atoms with Crippen molar-refractivity contribution in [3.05, 3.63) is 33.3 Å². The van der Waals surface area contributed by atoms with Crippen LogP contribution in [0.4, 0.5) is 0 Å². The monoisotopic (exact) mass is 224 g/mol. The van der Waals surface area contributed by atoms with Gasteiger partial charge in [0.15, 0.2) is 5.78 Å². The first-order chi connectivity index (χ1) is 5.68. The van der Waals surface area contributed by atoms with Crippen molar-refractivity contribution in [2.45, 2.75) is 19.8 Å². The van der Waals surface area contributed by atoms with E-state index in [0.717, 1.165) is 22.0 Å². The number of carbonyl (C=O) groups excluding carboxylic acids is 1. The van der Waals surface area contributed by atoms with Crippen LogP contribution in [0.2, 0.25) is 0 Å². The van der Waals surface area contributed by atoms with Gasteiger partial charge in [-0.3, -0.25) is 4.79 Å². The lowest BCUT2D eigenvalue weighted by Gasteiger charge is -2.01. The first-order valence-electron chi connectivity index (χ1n) is 4.00. The zero-order valence-electron chi connectivity index (χ0n) is 6.86. The highest BCUT2D eigenvalue weighted by Gasteiger charge is 2.19. The van der Waals surface area contributed by atoms with Crippen LogP contribution in [-0.4, -0.2) is 5.78 Å². The maximum absolute atomic E-state index is 11.3. The number of ketones is 1. The van der Waals surface area contributed by atoms with Crippen LogP contribution in [0.3, 0.4) is 0 Å². The van der Waals surface area contributed by atoms with Crippen molar-refractivity contribution < 1.29 is 4.79 Å². The van der Waals surface area contributed by atoms with Gasteiger partial charge in [-0.2, -0.15) is 0 Å². The molecule has 2 rings (SSSR count). The van der Waals surface area contributed by atoms with Crippen LogP contribution < -0.4 is 0 Å². The molecule has 0 saturated carbocycles. The van der Waals surface area contributed by atoms with E-state index in [1.807, 2.05) is 13.0 Å². The molecule has 0 unspecified atom stereocenters. The molecule has 2 heteroatoms. The number of Topliss-reactive ketones (excluding diaryl/α,β-unsaturated/α-hetero) is 1. The zero-order valence-corrected chi connectivity index (χ0v) is 8.44. The Balaban J connectivity index is 2.63. The Morgan fingerprint density at radius 1 is 1.33 bits per heavy atom. The molecule has 0 atom stereocenters. The van der Waals surface area contributed by atoms with Gasteiger partial charge in [-0.05, 0) is 36.6 Å². The smallest absolute Gasteiger partial charge is 0.163 e. The summed E-state index contributed by atoms with van der Waals surface area (Å²) in [6.45, 7) is 2.01. The largest absolute Gasteiger partial charge is 0.294 e. The molecule has 12 heavy (non-hydrogen) atoms. The Morgan fingerprint density at radius 3 is 2.83 bits per heavy atom. The fraction of sp³-hybridized carbons (Fsp3) is 0.300. The van der Waals surface area contributed by atoms with E-state index in [1.165, 1.54) is 5.56 Å². The predicted molar refractivity (Wildman–Crippen MR) is 51.5 cm³/mol. The van der Waals surface area contributed by atoms with Crippen molar-refractivity contribution in [3.8, 4) is 0 Å². The minimum absolute atomic E-state index is 0.292. The Labute approximate surface area is 79.9 Å². The second-order valence-electron chi connectivity index (χ2n) is 3.18. The van der Waals surface area contributed by atoms with Gasteiger partial charge in [0.1, 0.15) is 0 Å². The van der Waals surface area contributed by atoms with Gasteiger partial charge in [-0.15, -0.1) is 0 Å². The maximum atomic E-state index is 11.3. The lowest BCUT2D eigenvalue weighted by Crippen LogP contribution is -1.92. The van der Waals surface area contributed by atoms with Gasteiger partial charge in [0.25, 0.3) is 0 Å². The van der Waals surface area contributed by atoms with E-state index in [2.05, 4.69) is 22.0 Å². The van der Waals surface area contributed by atoms with Crippen molar-refractivity contribution in [1.82, 2.24) is 0 Å². The van der Waals surface area contributed by atoms with E-state index in [-0.39, 0.29) is 0 Å². The summed E-state index contributed by atoms with van der Waals surface area (Å²) in [6, 6.07) is 4.05. The average Bonchev–Trinajstić information content (AvgIpc) is 2.35. The van der Waals surface area contributed by atoms with Crippen molar-refractivity contribution in [2.24, 2.45) is 0 Å². The highest BCUT2D eigenvalue weighted by molar-refractivity contribution is 9.10. The highest BCUT2D eigenvalue weighted by atomic mass is 79.9. The summed E-state index contributed by atoms with van der Waals surface area (Å²) in [5.74, 6) is 0.292. The number of benzene rings is 1. The maximum Gasteiger partial charge on any atom is 0.163 e. The normalized spacial score (nSPS) is 15.0. The number of aryl methyl sites for hydroxylation is 2. The molecule has 0 fully saturated rings. The van der Waals surface area contributed by atoms with Gasteiger partial charge >= 0.3 is 0 Å². The summed E-state index contributed by atoms with van der Waals surface area (Å²) >= 11 is 3.46. The molecule has 0 aliphatic heterocycles. The van der Waals surface area contributed by atoms with E-state index in [0.29, 0.717) is 12.2 Å². The third-order valence-corrected chi connectivity index (χ3v) is 3.16. The number of hydrogen-bond donors (Lipinski definition) is 0. The van der Waals surface area contributed by atoms with Crippen LogP contribution in [0.15, 0.2) is 16.6 Å². The van der Waals surface area contributed by atoms with Crippen LogP contribution >= 0.6 is 15.9 Å². The topological polar surface area (TPSA) is 17.1 Å². The summed E-state index contributed by atoms with van der Waals surface area (Å²) in [5.41, 5.74) is 3.26. The van der Waals surface area contributed by atoms with Crippen molar-refractivity contribution >= 4 is 21.7 Å². The van der Waals surface area contributed by atoms with Crippen molar-refractivity contribution in [3.63, 3.8) is 0 Å². The van der Waals surface area contributed by atoms with Crippen molar-refractivity contribution in [2.75, 3.05) is 0 Å². The van der Waals surface area contributed by atoms with Crippen LogP contribution in [0.5, 0.6) is 0 Å². The molecule has 0 radical (unpaired) electrons. The third-order valence-electron chi connectivity index (χ3n) is 2.31. The van der Waals surface area contributed by atoms with Crippen LogP contribution in [0.1, 0.15) is 27.9 Å². The highest BCUT2D eigenvalue weighted by Crippen LogP contribution is 2.27. The third kappa shape index (κ3) is 1.11. The number of halogens is 1. The molecule has 0 amide bonds. The summed E-state index contributed by atoms with van der Waals surface area (Å²) in [5, 5.41) is 0. The Kier molecular flexibility index (Phi) is 1.80. The van der Waals surface area contributed by atoms with Gasteiger partial charge in [-0.1, -0.05) is 15.9 Å². The molecule has 62 valence electrons. The van der Waals surface area contributed by atoms with E-state index in [9.17, 15) is 4.79 Å². The average molecular weight is 225 g/mol. The second kappa shape index (κ2) is 2.70. The van der Waals surface area contributed by atoms with Crippen LogP contribution in [0, 0.1) is 6.92 Å². The Hall–Kier alpha value is -0.630. The SMILES string of the molecule is Cc1cc2c(cc1Br)CCC2=O. The van der Waals surface area contributed by atoms with E-state index in [1.54, 1.807) is 0 Å². The first-order valence-corrected chi connectivity index (χ1v) is 4.80. The van der Waals surface area contributed by atoms with Gasteiger partial charge < -0.3 is 0 Å². The van der Waals surface area contributed by atoms with E-state index < -0.39 is 0 Å². The van der Waals surface area contributed by atoms with Gasteiger partial charge in [0.05, 0.1) is 0 Å². The van der Waals surface area contributed by atoms with Crippen LogP contribution in [0.25, 0.3) is 0 Å². The minimum Gasteiger partial charge on any atom is -0.294 e. The molecule has 0 aromatic heterocycles. The first kappa shape index (κ1) is 7.99. The quantitative estimate of drug-likeness (QED) is 0.663. The Bertz CT molecular complexity index is 355. The molecular weight excluding hydrogens is 216 g/mol. The number of rotatable bonds is 0. The molecule has 1 aliphatic carbocycles. The minimum atomic E-state index is 0.292. The zero-order chi connectivity index (χ0) is 8.72. The molecule has 1 aromatic carbocycles. The summed E-state index contributed by atoms with van der Waals surface area (Å²) in [6.07, 6.45) is 1.60. The van der Waals surface area contributed by atoms with Crippen LogP contribution in [-0.2, 0) is 6.42 Å². The van der Waals surface area contributed by atoms with E-state index >= 15 is 0 Å².